The first kappa shape index (κ1) is 14.5. The molecule has 2 aromatic heterocycles. The van der Waals surface area contributed by atoms with Crippen LogP contribution in [0.2, 0.25) is 0 Å². The van der Waals surface area contributed by atoms with Crippen LogP contribution in [0.15, 0.2) is 20.9 Å². The van der Waals surface area contributed by atoms with Crippen molar-refractivity contribution in [1.82, 2.24) is 9.78 Å². The zero-order valence-electron chi connectivity index (χ0n) is 10.8. The average Bonchev–Trinajstić information content (AvgIpc) is 2.81. The summed E-state index contributed by atoms with van der Waals surface area (Å²) < 4.78 is 29.7. The number of rotatable bonds is 4. The molecule has 2 heterocycles. The summed E-state index contributed by atoms with van der Waals surface area (Å²) in [6.07, 6.45) is 2.35. The van der Waals surface area contributed by atoms with Gasteiger partial charge in [-0.3, -0.25) is 9.40 Å². The molecule has 0 saturated carbocycles. The number of nitrogens with zero attached hydrogens (tertiary/aromatic N) is 2. The van der Waals surface area contributed by atoms with Gasteiger partial charge in [-0.15, -0.1) is 11.3 Å². The molecule has 5 nitrogen and oxygen atoms in total. The standard InChI is InChI=1S/C11H14BrN3O2S2/c1-4-8-9(6-15(3)13-8)14-19(16,17)10-5-11(12)18-7(10)2/h5-6,14H,4H2,1-3H3. The molecule has 0 unspecified atom stereocenters. The maximum absolute atomic E-state index is 12.4. The summed E-state index contributed by atoms with van der Waals surface area (Å²) in [7, 11) is -1.80. The van der Waals surface area contributed by atoms with Crippen LogP contribution in [0.5, 0.6) is 0 Å². The molecule has 0 bridgehead atoms. The number of sulfonamides is 1. The van der Waals surface area contributed by atoms with Crippen LogP contribution in [-0.2, 0) is 23.5 Å². The second-order valence-electron chi connectivity index (χ2n) is 4.09. The van der Waals surface area contributed by atoms with Crippen LogP contribution in [0.25, 0.3) is 0 Å². The Hall–Kier alpha value is -0.860. The van der Waals surface area contributed by atoms with Crippen LogP contribution in [0.1, 0.15) is 17.5 Å². The molecule has 0 aromatic carbocycles. The normalized spacial score (nSPS) is 11.8. The lowest BCUT2D eigenvalue weighted by atomic mass is 10.3. The van der Waals surface area contributed by atoms with E-state index in [-0.39, 0.29) is 0 Å². The van der Waals surface area contributed by atoms with Gasteiger partial charge in [-0.1, -0.05) is 6.92 Å². The van der Waals surface area contributed by atoms with Crippen LogP contribution < -0.4 is 4.72 Å². The van der Waals surface area contributed by atoms with Crippen molar-refractivity contribution in [2.45, 2.75) is 25.2 Å². The average molecular weight is 364 g/mol. The number of aryl methyl sites for hydroxylation is 3. The minimum absolute atomic E-state index is 0.301. The van der Waals surface area contributed by atoms with Crippen molar-refractivity contribution in [3.63, 3.8) is 0 Å². The lowest BCUT2D eigenvalue weighted by molar-refractivity contribution is 0.601. The SMILES string of the molecule is CCc1nn(C)cc1NS(=O)(=O)c1cc(Br)sc1C. The fourth-order valence-electron chi connectivity index (χ4n) is 1.78. The highest BCUT2D eigenvalue weighted by Crippen LogP contribution is 2.31. The van der Waals surface area contributed by atoms with Gasteiger partial charge >= 0.3 is 0 Å². The number of halogens is 1. The minimum atomic E-state index is -3.57. The third-order valence-corrected chi connectivity index (χ3v) is 5.79. The van der Waals surface area contributed by atoms with E-state index in [9.17, 15) is 8.42 Å². The summed E-state index contributed by atoms with van der Waals surface area (Å²) in [6, 6.07) is 1.62. The Morgan fingerprint density at radius 2 is 2.21 bits per heavy atom. The van der Waals surface area contributed by atoms with Gasteiger partial charge in [0.25, 0.3) is 10.0 Å². The first-order valence-corrected chi connectivity index (χ1v) is 8.74. The molecule has 0 aliphatic rings. The summed E-state index contributed by atoms with van der Waals surface area (Å²) in [5.41, 5.74) is 1.27. The van der Waals surface area contributed by atoms with E-state index in [1.165, 1.54) is 11.3 Å². The number of aromatic nitrogens is 2. The van der Waals surface area contributed by atoms with E-state index in [1.807, 2.05) is 6.92 Å². The number of thiophene rings is 1. The number of anilines is 1. The summed E-state index contributed by atoms with van der Waals surface area (Å²) in [4.78, 5) is 1.05. The Labute approximate surface area is 124 Å². The van der Waals surface area contributed by atoms with Gasteiger partial charge in [-0.25, -0.2) is 8.42 Å². The van der Waals surface area contributed by atoms with E-state index >= 15 is 0 Å². The largest absolute Gasteiger partial charge is 0.276 e. The Bertz CT molecular complexity index is 704. The highest BCUT2D eigenvalue weighted by Gasteiger charge is 2.21. The van der Waals surface area contributed by atoms with Crippen molar-refractivity contribution in [2.24, 2.45) is 7.05 Å². The predicted molar refractivity (Wildman–Crippen MR) is 80.2 cm³/mol. The maximum atomic E-state index is 12.4. The highest BCUT2D eigenvalue weighted by atomic mass is 79.9. The molecule has 0 aliphatic carbocycles. The summed E-state index contributed by atoms with van der Waals surface area (Å²) in [5, 5.41) is 4.22. The molecule has 0 spiro atoms. The van der Waals surface area contributed by atoms with Crippen LogP contribution in [0, 0.1) is 6.92 Å². The first-order chi connectivity index (χ1) is 8.83. The van der Waals surface area contributed by atoms with Gasteiger partial charge in [0, 0.05) is 18.1 Å². The van der Waals surface area contributed by atoms with Gasteiger partial charge in [0.15, 0.2) is 0 Å². The van der Waals surface area contributed by atoms with Crippen molar-refractivity contribution in [1.29, 1.82) is 0 Å². The zero-order chi connectivity index (χ0) is 14.2. The van der Waals surface area contributed by atoms with Crippen molar-refractivity contribution in [2.75, 3.05) is 4.72 Å². The van der Waals surface area contributed by atoms with Crippen molar-refractivity contribution in [3.8, 4) is 0 Å². The molecule has 2 aromatic rings. The van der Waals surface area contributed by atoms with Gasteiger partial charge in [-0.2, -0.15) is 5.10 Å². The van der Waals surface area contributed by atoms with E-state index in [1.54, 1.807) is 30.9 Å². The minimum Gasteiger partial charge on any atom is -0.276 e. The molecule has 0 radical (unpaired) electrons. The monoisotopic (exact) mass is 363 g/mol. The lowest BCUT2D eigenvalue weighted by Gasteiger charge is -2.06. The smallest absolute Gasteiger partial charge is 0.263 e. The maximum Gasteiger partial charge on any atom is 0.263 e. The van der Waals surface area contributed by atoms with Crippen molar-refractivity contribution in [3.05, 3.63) is 26.6 Å². The number of nitrogens with one attached hydrogen (secondary N) is 1. The second-order valence-corrected chi connectivity index (χ2v) is 8.38. The van der Waals surface area contributed by atoms with Gasteiger partial charge in [0.1, 0.15) is 4.90 Å². The van der Waals surface area contributed by atoms with Crippen LogP contribution in [0.4, 0.5) is 5.69 Å². The van der Waals surface area contributed by atoms with E-state index in [2.05, 4.69) is 25.8 Å². The molecular formula is C11H14BrN3O2S2. The van der Waals surface area contributed by atoms with Gasteiger partial charge in [-0.05, 0) is 35.3 Å². The molecule has 0 amide bonds. The second kappa shape index (κ2) is 5.26. The Morgan fingerprint density at radius 3 is 2.74 bits per heavy atom. The quantitative estimate of drug-likeness (QED) is 0.907. The van der Waals surface area contributed by atoms with Crippen LogP contribution >= 0.6 is 27.3 Å². The molecule has 0 fully saturated rings. The summed E-state index contributed by atoms with van der Waals surface area (Å²) in [5.74, 6) is 0. The predicted octanol–water partition coefficient (Wildman–Crippen LogP) is 2.92. The Balaban J connectivity index is 2.39. The molecule has 0 saturated heterocycles. The fraction of sp³-hybridized carbons (Fsp3) is 0.364. The van der Waals surface area contributed by atoms with E-state index in [0.29, 0.717) is 17.0 Å². The van der Waals surface area contributed by atoms with Gasteiger partial charge in [0.2, 0.25) is 0 Å². The van der Waals surface area contributed by atoms with Gasteiger partial charge < -0.3 is 0 Å². The molecule has 8 heteroatoms. The van der Waals surface area contributed by atoms with Crippen LogP contribution in [0.3, 0.4) is 0 Å². The fourth-order valence-corrected chi connectivity index (χ4v) is 5.27. The third-order valence-electron chi connectivity index (χ3n) is 2.62. The first-order valence-electron chi connectivity index (χ1n) is 5.64. The van der Waals surface area contributed by atoms with E-state index < -0.39 is 10.0 Å². The molecule has 2 rings (SSSR count). The van der Waals surface area contributed by atoms with Crippen molar-refractivity contribution < 1.29 is 8.42 Å². The number of hydrogen-bond acceptors (Lipinski definition) is 4. The molecule has 1 N–H and O–H groups in total. The molecule has 104 valence electrons. The summed E-state index contributed by atoms with van der Waals surface area (Å²) in [6.45, 7) is 3.72. The highest BCUT2D eigenvalue weighted by molar-refractivity contribution is 9.11. The topological polar surface area (TPSA) is 64.0 Å². The molecular weight excluding hydrogens is 350 g/mol. The zero-order valence-corrected chi connectivity index (χ0v) is 14.0. The number of hydrogen-bond donors (Lipinski definition) is 1. The molecule has 19 heavy (non-hydrogen) atoms. The molecule has 0 aliphatic heterocycles. The van der Waals surface area contributed by atoms with E-state index in [4.69, 9.17) is 0 Å². The Kier molecular flexibility index (Phi) is 4.03. The van der Waals surface area contributed by atoms with Crippen molar-refractivity contribution >= 4 is 43.0 Å². The lowest BCUT2D eigenvalue weighted by Crippen LogP contribution is -2.13. The van der Waals surface area contributed by atoms with E-state index in [0.717, 1.165) is 14.4 Å². The van der Waals surface area contributed by atoms with Crippen LogP contribution in [-0.4, -0.2) is 18.2 Å². The van der Waals surface area contributed by atoms with Gasteiger partial charge in [0.05, 0.1) is 15.2 Å². The molecule has 0 atom stereocenters. The third kappa shape index (κ3) is 3.01. The Morgan fingerprint density at radius 1 is 1.53 bits per heavy atom. The summed E-state index contributed by atoms with van der Waals surface area (Å²) >= 11 is 4.70.